The van der Waals surface area contributed by atoms with Gasteiger partial charge in [-0.15, -0.1) is 0 Å². The standard InChI is InChI=1S/C14H22N2/c1-10-6-7-11(15)12(9-10)16-13-5-4-8-14(13,2)3/h6-7,9,13,16H,4-5,8,15H2,1-3H3. The van der Waals surface area contributed by atoms with E-state index < -0.39 is 0 Å². The van der Waals surface area contributed by atoms with E-state index in [1.807, 2.05) is 6.07 Å². The van der Waals surface area contributed by atoms with Crippen LogP contribution in [0.3, 0.4) is 0 Å². The molecule has 0 saturated heterocycles. The van der Waals surface area contributed by atoms with Crippen LogP contribution in [-0.4, -0.2) is 6.04 Å². The van der Waals surface area contributed by atoms with Crippen molar-refractivity contribution >= 4 is 11.4 Å². The average molecular weight is 218 g/mol. The second-order valence-corrected chi connectivity index (χ2v) is 5.67. The van der Waals surface area contributed by atoms with Crippen molar-refractivity contribution in [2.24, 2.45) is 5.41 Å². The first-order chi connectivity index (χ1) is 7.49. The second-order valence-electron chi connectivity index (χ2n) is 5.67. The Morgan fingerprint density at radius 2 is 2.12 bits per heavy atom. The van der Waals surface area contributed by atoms with E-state index in [0.29, 0.717) is 11.5 Å². The first-order valence-corrected chi connectivity index (χ1v) is 6.12. The summed E-state index contributed by atoms with van der Waals surface area (Å²) >= 11 is 0. The van der Waals surface area contributed by atoms with Crippen LogP contribution in [0, 0.1) is 12.3 Å². The predicted molar refractivity (Wildman–Crippen MR) is 70.6 cm³/mol. The van der Waals surface area contributed by atoms with Gasteiger partial charge in [0.25, 0.3) is 0 Å². The van der Waals surface area contributed by atoms with Gasteiger partial charge in [-0.3, -0.25) is 0 Å². The summed E-state index contributed by atoms with van der Waals surface area (Å²) in [6.45, 7) is 6.78. The minimum atomic E-state index is 0.385. The van der Waals surface area contributed by atoms with Crippen LogP contribution in [0.2, 0.25) is 0 Å². The number of nitrogen functional groups attached to an aromatic ring is 1. The zero-order chi connectivity index (χ0) is 11.8. The molecule has 0 aliphatic heterocycles. The zero-order valence-electron chi connectivity index (χ0n) is 10.5. The van der Waals surface area contributed by atoms with Gasteiger partial charge in [0, 0.05) is 6.04 Å². The van der Waals surface area contributed by atoms with Crippen molar-refractivity contribution in [1.82, 2.24) is 0 Å². The van der Waals surface area contributed by atoms with Gasteiger partial charge in [0.1, 0.15) is 0 Å². The Hall–Kier alpha value is -1.18. The quantitative estimate of drug-likeness (QED) is 0.745. The molecule has 0 bridgehead atoms. The van der Waals surface area contributed by atoms with Gasteiger partial charge in [-0.1, -0.05) is 26.3 Å². The molecule has 2 nitrogen and oxygen atoms in total. The molecule has 88 valence electrons. The van der Waals surface area contributed by atoms with Gasteiger partial charge in [0.2, 0.25) is 0 Å². The molecule has 1 aliphatic rings. The number of rotatable bonds is 2. The molecule has 0 radical (unpaired) electrons. The van der Waals surface area contributed by atoms with Crippen molar-refractivity contribution in [1.29, 1.82) is 0 Å². The number of benzene rings is 1. The molecule has 2 rings (SSSR count). The van der Waals surface area contributed by atoms with E-state index in [9.17, 15) is 0 Å². The summed E-state index contributed by atoms with van der Waals surface area (Å²) in [6, 6.07) is 6.74. The highest BCUT2D eigenvalue weighted by Gasteiger charge is 2.34. The van der Waals surface area contributed by atoms with Crippen LogP contribution >= 0.6 is 0 Å². The lowest BCUT2D eigenvalue weighted by Crippen LogP contribution is -2.31. The van der Waals surface area contributed by atoms with Gasteiger partial charge in [-0.2, -0.15) is 0 Å². The van der Waals surface area contributed by atoms with E-state index in [1.165, 1.54) is 24.8 Å². The fourth-order valence-electron chi connectivity index (χ4n) is 2.58. The fourth-order valence-corrected chi connectivity index (χ4v) is 2.58. The molecule has 1 fully saturated rings. The molecule has 0 heterocycles. The normalized spacial score (nSPS) is 23.3. The third-order valence-corrected chi connectivity index (χ3v) is 3.80. The summed E-state index contributed by atoms with van der Waals surface area (Å²) < 4.78 is 0. The molecule has 3 N–H and O–H groups in total. The van der Waals surface area contributed by atoms with Crippen molar-refractivity contribution in [2.75, 3.05) is 11.1 Å². The fraction of sp³-hybridized carbons (Fsp3) is 0.571. The van der Waals surface area contributed by atoms with Crippen LogP contribution in [0.4, 0.5) is 11.4 Å². The summed E-state index contributed by atoms with van der Waals surface area (Å²) in [6.07, 6.45) is 3.87. The summed E-state index contributed by atoms with van der Waals surface area (Å²) in [5.74, 6) is 0. The highest BCUT2D eigenvalue weighted by molar-refractivity contribution is 5.67. The molecule has 16 heavy (non-hydrogen) atoms. The summed E-state index contributed by atoms with van der Waals surface area (Å²) in [4.78, 5) is 0. The van der Waals surface area contributed by atoms with E-state index in [-0.39, 0.29) is 0 Å². The predicted octanol–water partition coefficient (Wildman–Crippen LogP) is 3.57. The van der Waals surface area contributed by atoms with Crippen LogP contribution in [0.1, 0.15) is 38.7 Å². The molecule has 0 amide bonds. The number of aryl methyl sites for hydroxylation is 1. The maximum Gasteiger partial charge on any atom is 0.0578 e. The molecule has 2 heteroatoms. The van der Waals surface area contributed by atoms with Gasteiger partial charge in [-0.25, -0.2) is 0 Å². The van der Waals surface area contributed by atoms with Crippen molar-refractivity contribution in [3.8, 4) is 0 Å². The second kappa shape index (κ2) is 4.00. The van der Waals surface area contributed by atoms with Crippen molar-refractivity contribution < 1.29 is 0 Å². The Labute approximate surface area is 98.2 Å². The molecule has 1 unspecified atom stereocenters. The first-order valence-electron chi connectivity index (χ1n) is 6.12. The molecule has 1 aromatic rings. The highest BCUT2D eigenvalue weighted by atomic mass is 15.0. The van der Waals surface area contributed by atoms with E-state index in [2.05, 4.69) is 38.2 Å². The van der Waals surface area contributed by atoms with Gasteiger partial charge in [0.05, 0.1) is 11.4 Å². The van der Waals surface area contributed by atoms with Crippen LogP contribution in [0.15, 0.2) is 18.2 Å². The van der Waals surface area contributed by atoms with Crippen LogP contribution < -0.4 is 11.1 Å². The van der Waals surface area contributed by atoms with Gasteiger partial charge < -0.3 is 11.1 Å². The molecule has 1 aromatic carbocycles. The van der Waals surface area contributed by atoms with E-state index in [4.69, 9.17) is 5.73 Å². The Kier molecular flexibility index (Phi) is 2.83. The maximum absolute atomic E-state index is 5.99. The summed E-state index contributed by atoms with van der Waals surface area (Å²) in [5, 5.41) is 3.62. The maximum atomic E-state index is 5.99. The largest absolute Gasteiger partial charge is 0.397 e. The molecule has 0 spiro atoms. The lowest BCUT2D eigenvalue weighted by atomic mass is 9.87. The Balaban J connectivity index is 2.17. The first kappa shape index (κ1) is 11.3. The van der Waals surface area contributed by atoms with Gasteiger partial charge in [0.15, 0.2) is 0 Å². The van der Waals surface area contributed by atoms with E-state index in [1.54, 1.807) is 0 Å². The van der Waals surface area contributed by atoms with Crippen molar-refractivity contribution in [3.63, 3.8) is 0 Å². The summed E-state index contributed by atoms with van der Waals surface area (Å²) in [5.41, 5.74) is 9.59. The third-order valence-electron chi connectivity index (χ3n) is 3.80. The number of hydrogen-bond acceptors (Lipinski definition) is 2. The SMILES string of the molecule is Cc1ccc(N)c(NC2CCCC2(C)C)c1. The number of nitrogens with one attached hydrogen (secondary N) is 1. The number of nitrogens with two attached hydrogens (primary N) is 1. The van der Waals surface area contributed by atoms with E-state index >= 15 is 0 Å². The van der Waals surface area contributed by atoms with Crippen LogP contribution in [0.25, 0.3) is 0 Å². The minimum Gasteiger partial charge on any atom is -0.397 e. The molecular weight excluding hydrogens is 196 g/mol. The minimum absolute atomic E-state index is 0.385. The Bertz CT molecular complexity index is 382. The van der Waals surface area contributed by atoms with Crippen molar-refractivity contribution in [3.05, 3.63) is 23.8 Å². The number of hydrogen-bond donors (Lipinski definition) is 2. The average Bonchev–Trinajstić information content (AvgIpc) is 2.52. The molecule has 1 atom stereocenters. The zero-order valence-corrected chi connectivity index (χ0v) is 10.5. The summed E-state index contributed by atoms with van der Waals surface area (Å²) in [7, 11) is 0. The van der Waals surface area contributed by atoms with Crippen LogP contribution in [0.5, 0.6) is 0 Å². The third kappa shape index (κ3) is 2.16. The molecule has 1 aliphatic carbocycles. The Morgan fingerprint density at radius 1 is 1.38 bits per heavy atom. The molecule has 1 saturated carbocycles. The van der Waals surface area contributed by atoms with Gasteiger partial charge in [-0.05, 0) is 42.9 Å². The van der Waals surface area contributed by atoms with Crippen LogP contribution in [-0.2, 0) is 0 Å². The highest BCUT2D eigenvalue weighted by Crippen LogP contribution is 2.39. The lowest BCUT2D eigenvalue weighted by Gasteiger charge is -2.29. The topological polar surface area (TPSA) is 38.0 Å². The Morgan fingerprint density at radius 3 is 2.75 bits per heavy atom. The monoisotopic (exact) mass is 218 g/mol. The molecular formula is C14H22N2. The smallest absolute Gasteiger partial charge is 0.0578 e. The number of anilines is 2. The van der Waals surface area contributed by atoms with Gasteiger partial charge >= 0.3 is 0 Å². The molecule has 0 aromatic heterocycles. The van der Waals surface area contributed by atoms with E-state index in [0.717, 1.165) is 11.4 Å². The van der Waals surface area contributed by atoms with Crippen molar-refractivity contribution in [2.45, 2.75) is 46.1 Å². The lowest BCUT2D eigenvalue weighted by molar-refractivity contribution is 0.350.